The van der Waals surface area contributed by atoms with Crippen LogP contribution in [0.4, 0.5) is 0 Å². The van der Waals surface area contributed by atoms with Crippen molar-refractivity contribution < 1.29 is 33.8 Å². The summed E-state index contributed by atoms with van der Waals surface area (Å²) in [4.78, 5) is 79.6. The summed E-state index contributed by atoms with van der Waals surface area (Å²) in [6.45, 7) is 9.42. The van der Waals surface area contributed by atoms with Crippen molar-refractivity contribution in [3.63, 3.8) is 0 Å². The van der Waals surface area contributed by atoms with Crippen LogP contribution >= 0.6 is 0 Å². The fourth-order valence-electron chi connectivity index (χ4n) is 7.03. The predicted octanol–water partition coefficient (Wildman–Crippen LogP) is 2.29. The van der Waals surface area contributed by atoms with E-state index in [0.717, 1.165) is 16.0 Å². The first-order chi connectivity index (χ1) is 29.5. The summed E-state index contributed by atoms with van der Waals surface area (Å²) >= 11 is 0. The second-order valence-corrected chi connectivity index (χ2v) is 16.1. The van der Waals surface area contributed by atoms with Crippen LogP contribution in [0.2, 0.25) is 0 Å². The zero-order chi connectivity index (χ0) is 45.3. The van der Waals surface area contributed by atoms with Gasteiger partial charge in [0.2, 0.25) is 23.6 Å². The number of aromatic hydroxyl groups is 1. The Balaban J connectivity index is 1.51. The number of nitrogens with two attached hydrogens (primary N) is 2. The second-order valence-electron chi connectivity index (χ2n) is 16.1. The van der Waals surface area contributed by atoms with Gasteiger partial charge in [0.25, 0.3) is 5.91 Å². The van der Waals surface area contributed by atoms with Gasteiger partial charge in [-0.3, -0.25) is 24.0 Å². The van der Waals surface area contributed by atoms with Crippen LogP contribution in [0.3, 0.4) is 0 Å². The van der Waals surface area contributed by atoms with Gasteiger partial charge in [-0.05, 0) is 73.2 Å². The molecule has 2 heterocycles. The van der Waals surface area contributed by atoms with Gasteiger partial charge in [0.15, 0.2) is 5.82 Å². The summed E-state index contributed by atoms with van der Waals surface area (Å²) in [5, 5.41) is 30.9. The second kappa shape index (κ2) is 20.1. The molecule has 1 aromatic heterocycles. The van der Waals surface area contributed by atoms with Crippen LogP contribution < -0.4 is 37.5 Å². The molecule has 62 heavy (non-hydrogen) atoms. The fourth-order valence-corrected chi connectivity index (χ4v) is 7.03. The largest absolute Gasteiger partial charge is 0.507 e. The van der Waals surface area contributed by atoms with Crippen LogP contribution in [0.1, 0.15) is 72.9 Å². The maximum absolute atomic E-state index is 14.5. The molecule has 1 aliphatic rings. The lowest BCUT2D eigenvalue weighted by atomic mass is 9.87. The van der Waals surface area contributed by atoms with Gasteiger partial charge in [-0.1, -0.05) is 57.2 Å². The third-order valence-electron chi connectivity index (χ3n) is 10.5. The number of aryl methyl sites for hydroxylation is 1. The summed E-state index contributed by atoms with van der Waals surface area (Å²) in [7, 11) is 1.38. The molecule has 1 aliphatic heterocycles. The number of hydrogen-bond donors (Lipinski definition) is 7. The summed E-state index contributed by atoms with van der Waals surface area (Å²) in [5.74, 6) is -2.90. The number of benzene rings is 3. The van der Waals surface area contributed by atoms with Crippen LogP contribution in [-0.4, -0.2) is 101 Å². The molecule has 326 valence electrons. The Bertz CT molecular complexity index is 2360. The number of ether oxygens (including phenoxy) is 1. The number of amides is 5. The highest BCUT2D eigenvalue weighted by molar-refractivity contribution is 6.00. The maximum atomic E-state index is 14.5. The minimum absolute atomic E-state index is 0.00797. The number of nitrogens with zero attached hydrogens (tertiary/aromatic N) is 4. The number of nitrogens with one attached hydrogen (secondary N) is 4. The van der Waals surface area contributed by atoms with Crippen LogP contribution in [0.5, 0.6) is 11.5 Å². The molecule has 0 spiro atoms. The van der Waals surface area contributed by atoms with Crippen molar-refractivity contribution in [1.29, 1.82) is 5.26 Å². The van der Waals surface area contributed by atoms with Crippen LogP contribution in [0.25, 0.3) is 22.5 Å². The monoisotopic (exact) mass is 846 g/mol. The number of fused-ring (bicyclic) bond motifs is 5. The smallest absolute Gasteiger partial charge is 0.255 e. The van der Waals surface area contributed by atoms with Gasteiger partial charge in [0.1, 0.15) is 48.8 Å². The zero-order valence-electron chi connectivity index (χ0n) is 35.7. The molecule has 4 bridgehead atoms. The first-order valence-electron chi connectivity index (χ1n) is 20.2. The summed E-state index contributed by atoms with van der Waals surface area (Å²) in [6, 6.07) is 14.0. The summed E-state index contributed by atoms with van der Waals surface area (Å²) < 4.78 is 5.94. The first-order valence-corrected chi connectivity index (χ1v) is 20.2. The lowest BCUT2D eigenvalue weighted by Crippen LogP contribution is -2.56. The minimum Gasteiger partial charge on any atom is -0.507 e. The van der Waals surface area contributed by atoms with Gasteiger partial charge in [-0.15, -0.1) is 0 Å². The molecule has 0 radical (unpaired) electrons. The van der Waals surface area contributed by atoms with Crippen LogP contribution in [0.15, 0.2) is 66.9 Å². The highest BCUT2D eigenvalue weighted by Gasteiger charge is 2.36. The fraction of sp³-hybridized carbons (Fsp3) is 0.378. The maximum Gasteiger partial charge on any atom is 0.255 e. The molecule has 5 rings (SSSR count). The highest BCUT2D eigenvalue weighted by Crippen LogP contribution is 2.39. The van der Waals surface area contributed by atoms with Gasteiger partial charge >= 0.3 is 0 Å². The molecule has 0 fully saturated rings. The van der Waals surface area contributed by atoms with E-state index in [2.05, 4.69) is 52.0 Å². The molecule has 17 nitrogen and oxygen atoms in total. The number of phenolic OH excluding ortho intramolecular Hbond substituents is 1. The van der Waals surface area contributed by atoms with E-state index in [1.54, 1.807) is 25.1 Å². The Morgan fingerprint density at radius 2 is 1.74 bits per heavy atom. The molecule has 0 saturated carbocycles. The van der Waals surface area contributed by atoms with Gasteiger partial charge in [0, 0.05) is 42.9 Å². The number of likely N-dealkylation sites (N-methyl/N-ethyl adjacent to an activating group) is 1. The third-order valence-corrected chi connectivity index (χ3v) is 10.5. The average Bonchev–Trinajstić information content (AvgIpc) is 3.24. The van der Waals surface area contributed by atoms with Crippen molar-refractivity contribution >= 4 is 29.5 Å². The predicted molar refractivity (Wildman–Crippen MR) is 231 cm³/mol. The van der Waals surface area contributed by atoms with Gasteiger partial charge in [-0.25, -0.2) is 9.97 Å². The SMILES string of the molecule is Cc1nc(-c2ccc(C(C)(C)C)cc2)ncc1C(=O)NC(CCN)C(=O)N(C)[C@@H]1C(=O)N[C@@H](C)C(=O)N[C@H](C(=O)NCC#N)Cc2ccc(OCCN)c(c2)-c2cc1ccc2O. The Kier molecular flexibility index (Phi) is 15.0. The number of hydrogen-bond acceptors (Lipinski definition) is 12. The number of carbonyl (C=O) groups is 5. The molecular weight excluding hydrogens is 793 g/mol. The summed E-state index contributed by atoms with van der Waals surface area (Å²) in [5.41, 5.74) is 15.5. The standard InChI is InChI=1S/C45H54N10O7/c1-25-33(24-50-39(51-25)28-8-11-30(12-9-28)45(3,4)5)41(58)53-34(15-16-46)44(61)55(6)38-29-10-13-36(56)31(23-29)32-21-27(7-14-37(32)62-20-18-48)22-35(42(59)49-19-17-47)54-40(57)26(2)52-43(38)60/h7-14,21,23-24,26,34-35,38,56H,15-16,18-20,22,46,48H2,1-6H3,(H,49,59)(H,52,60)(H,53,58)(H,54,57)/t26-,34?,35-,38-/m0/s1. The normalized spacial score (nSPS) is 17.0. The lowest BCUT2D eigenvalue weighted by Gasteiger charge is -2.32. The molecule has 9 N–H and O–H groups in total. The van der Waals surface area contributed by atoms with E-state index in [1.807, 2.05) is 30.3 Å². The van der Waals surface area contributed by atoms with Crippen LogP contribution in [-0.2, 0) is 31.0 Å². The minimum atomic E-state index is -1.43. The van der Waals surface area contributed by atoms with Crippen LogP contribution in [0, 0.1) is 18.3 Å². The number of aromatic nitrogens is 2. The van der Waals surface area contributed by atoms with Crippen molar-refractivity contribution in [2.24, 2.45) is 11.5 Å². The van der Waals surface area contributed by atoms with Gasteiger partial charge < -0.3 is 47.5 Å². The Morgan fingerprint density at radius 3 is 2.39 bits per heavy atom. The molecule has 3 aromatic carbocycles. The number of phenols is 1. The average molecular weight is 847 g/mol. The molecule has 5 amide bonds. The molecule has 4 atom stereocenters. The number of carbonyl (C=O) groups excluding carboxylic acids is 5. The van der Waals surface area contributed by atoms with E-state index in [-0.39, 0.29) is 66.9 Å². The lowest BCUT2D eigenvalue weighted by molar-refractivity contribution is -0.141. The number of rotatable bonds is 12. The van der Waals surface area contributed by atoms with Gasteiger partial charge in [-0.2, -0.15) is 5.26 Å². The van der Waals surface area contributed by atoms with Crippen molar-refractivity contribution in [2.45, 2.75) is 77.0 Å². The van der Waals surface area contributed by atoms with Crippen molar-refractivity contribution in [1.82, 2.24) is 36.1 Å². The molecule has 0 aliphatic carbocycles. The van der Waals surface area contributed by atoms with E-state index < -0.39 is 53.7 Å². The molecule has 1 unspecified atom stereocenters. The molecule has 4 aromatic rings. The Labute approximate surface area is 360 Å². The van der Waals surface area contributed by atoms with E-state index in [4.69, 9.17) is 21.5 Å². The Hall–Kier alpha value is -6.90. The van der Waals surface area contributed by atoms with Crippen molar-refractivity contribution in [2.75, 3.05) is 33.3 Å². The van der Waals surface area contributed by atoms with E-state index in [0.29, 0.717) is 28.4 Å². The summed E-state index contributed by atoms with van der Waals surface area (Å²) in [6.07, 6.45) is 1.36. The highest BCUT2D eigenvalue weighted by atomic mass is 16.5. The zero-order valence-corrected chi connectivity index (χ0v) is 35.7. The number of nitriles is 1. The van der Waals surface area contributed by atoms with E-state index in [9.17, 15) is 29.1 Å². The quantitative estimate of drug-likeness (QED) is 0.101. The van der Waals surface area contributed by atoms with Gasteiger partial charge in [0.05, 0.1) is 17.3 Å². The van der Waals surface area contributed by atoms with E-state index in [1.165, 1.54) is 38.4 Å². The molecule has 0 saturated heterocycles. The third kappa shape index (κ3) is 10.9. The topological polar surface area (TPSA) is 268 Å². The van der Waals surface area contributed by atoms with Crippen molar-refractivity contribution in [3.05, 3.63) is 94.8 Å². The van der Waals surface area contributed by atoms with Crippen molar-refractivity contribution in [3.8, 4) is 40.1 Å². The molecule has 17 heteroatoms. The van der Waals surface area contributed by atoms with E-state index >= 15 is 0 Å². The molecular formula is C45H54N10O7. The Morgan fingerprint density at radius 1 is 1.02 bits per heavy atom. The first kappa shape index (κ1) is 46.2.